The molecule has 0 amide bonds. The predicted molar refractivity (Wildman–Crippen MR) is 338 cm³/mol. The van der Waals surface area contributed by atoms with Crippen molar-refractivity contribution in [1.82, 2.24) is 29.7 Å². The Labute approximate surface area is 552 Å². The summed E-state index contributed by atoms with van der Waals surface area (Å²) in [7, 11) is 1.40. The number of nitrogens with zero attached hydrogens (tertiary/aromatic N) is 10. The van der Waals surface area contributed by atoms with Crippen molar-refractivity contribution in [2.24, 2.45) is 0 Å². The molecule has 4 N–H and O–H groups in total. The number of methoxy groups -OCH3 is 1. The first-order valence-electron chi connectivity index (χ1n) is 30.5. The molecule has 4 aromatic heterocycles. The Morgan fingerprint density at radius 2 is 1.26 bits per heavy atom. The van der Waals surface area contributed by atoms with Crippen LogP contribution >= 0.6 is 45.9 Å². The second kappa shape index (κ2) is 25.2. The lowest BCUT2D eigenvalue weighted by molar-refractivity contribution is 0.0760. The first-order valence-corrected chi connectivity index (χ1v) is 32.9. The third kappa shape index (κ3) is 11.0. The number of aliphatic hydroxyl groups is 1. The predicted octanol–water partition coefficient (Wildman–Crippen LogP) is 13.0. The van der Waals surface area contributed by atoms with Crippen molar-refractivity contribution in [1.29, 1.82) is 10.5 Å². The van der Waals surface area contributed by atoms with Crippen molar-refractivity contribution >= 4 is 109 Å². The van der Waals surface area contributed by atoms with Gasteiger partial charge in [-0.2, -0.15) is 30.5 Å². The van der Waals surface area contributed by atoms with Crippen LogP contribution in [0, 0.1) is 45.9 Å². The van der Waals surface area contributed by atoms with E-state index >= 15 is 22.0 Å². The molecule has 0 aliphatic carbocycles. The molecule has 3 unspecified atom stereocenters. The maximum atomic E-state index is 18.1. The molecule has 7 atom stereocenters. The maximum absolute atomic E-state index is 18.1. The Balaban J connectivity index is 0.836. The van der Waals surface area contributed by atoms with Crippen molar-refractivity contribution in [3.8, 4) is 57.9 Å². The number of nitrogen functional groups attached to an aromatic ring is 1. The second-order valence-electron chi connectivity index (χ2n) is 24.6. The van der Waals surface area contributed by atoms with Gasteiger partial charge in [-0.05, 0) is 55.5 Å². The summed E-state index contributed by atoms with van der Waals surface area (Å²) in [5.41, 5.74) is 1.71. The fourth-order valence-corrected chi connectivity index (χ4v) is 17.6. The van der Waals surface area contributed by atoms with Crippen LogP contribution in [0.1, 0.15) is 62.5 Å². The number of aliphatic hydroxyl groups excluding tert-OH is 1. The first kappa shape index (κ1) is 64.9. The minimum absolute atomic E-state index is 0.0383. The molecule has 32 heteroatoms. The molecule has 0 saturated carbocycles. The summed E-state index contributed by atoms with van der Waals surface area (Å²) in [6.07, 6.45) is -9.87. The summed E-state index contributed by atoms with van der Waals surface area (Å²) < 4.78 is 189. The van der Waals surface area contributed by atoms with Crippen LogP contribution in [0.25, 0.3) is 64.2 Å². The van der Waals surface area contributed by atoms with E-state index in [-0.39, 0.29) is 163 Å². The van der Waals surface area contributed by atoms with Crippen molar-refractivity contribution in [3.63, 3.8) is 0 Å². The highest BCUT2D eigenvalue weighted by Crippen LogP contribution is 2.55. The smallest absolute Gasteiger partial charge is 0.319 e. The number of rotatable bonds is 17. The Morgan fingerprint density at radius 1 is 0.726 bits per heavy atom. The number of nitriles is 2. The average Bonchev–Trinajstić information content (AvgIpc) is 1.40. The lowest BCUT2D eigenvalue weighted by Gasteiger charge is -2.35. The van der Waals surface area contributed by atoms with E-state index in [9.17, 15) is 37.6 Å². The molecule has 6 aliphatic heterocycles. The molecule has 0 radical (unpaired) electrons. The van der Waals surface area contributed by atoms with E-state index in [2.05, 4.69) is 31.3 Å². The maximum Gasteiger partial charge on any atom is 0.319 e. The summed E-state index contributed by atoms with van der Waals surface area (Å²) in [5.74, 6) is -4.97. The van der Waals surface area contributed by atoms with Gasteiger partial charge in [0, 0.05) is 80.9 Å². The lowest BCUT2D eigenvalue weighted by Crippen LogP contribution is -2.49. The lowest BCUT2D eigenvalue weighted by atomic mass is 9.95. The first-order chi connectivity index (χ1) is 45.7. The number of hydrogen-bond acceptors (Lipinski definition) is 20. The van der Waals surface area contributed by atoms with Crippen molar-refractivity contribution in [2.45, 2.75) is 106 Å². The Kier molecular flexibility index (Phi) is 17.2. The zero-order valence-electron chi connectivity index (χ0n) is 50.2. The van der Waals surface area contributed by atoms with Crippen molar-refractivity contribution in [3.05, 3.63) is 68.7 Å². The molecule has 18 nitrogen and oxygen atoms in total. The fraction of sp³-hybridized carbons (Fsp3) is 0.460. The second-order valence-corrected chi connectivity index (χ2v) is 27.4. The quantitative estimate of drug-likeness (QED) is 0.0722. The van der Waals surface area contributed by atoms with Gasteiger partial charge in [0.05, 0.1) is 78.7 Å². The van der Waals surface area contributed by atoms with Gasteiger partial charge >= 0.3 is 12.0 Å². The Morgan fingerprint density at radius 3 is 1.83 bits per heavy atom. The van der Waals surface area contributed by atoms with Crippen LogP contribution in [-0.4, -0.2) is 169 Å². The van der Waals surface area contributed by atoms with Gasteiger partial charge in [0.15, 0.2) is 23.1 Å². The number of halogens is 12. The number of aromatic nitrogens is 4. The number of nitrogens with two attached hydrogens (primary N) is 1. The highest BCUT2D eigenvalue weighted by molar-refractivity contribution is 7.23. The van der Waals surface area contributed by atoms with Crippen LogP contribution in [0.15, 0.2) is 24.3 Å². The van der Waals surface area contributed by atoms with Gasteiger partial charge in [-0.3, -0.25) is 9.80 Å². The average molecular weight is 1400 g/mol. The Bertz CT molecular complexity index is 4510. The molecular formula is C63H56Cl2F10N12O6S2. The van der Waals surface area contributed by atoms with E-state index in [1.54, 1.807) is 4.90 Å². The van der Waals surface area contributed by atoms with Gasteiger partial charge in [-0.25, -0.2) is 43.9 Å². The molecule has 0 spiro atoms. The fourth-order valence-electron chi connectivity index (χ4n) is 14.9. The SMILES string of the molecule is COCC1CCN(CC(F)F)c2nc(OC[C@@]34CCCN3C(Nc3sc5c(F)ccc(-c6c(Cl)c7c8c(nc(OC[C@@]9%10CCCN9C[C@H](F)C%10)nc8c6F)N(CC(F)F)CCC(CO)O7)c5c3C#N)[C@H](F)C4)nc3c(F)c(-c4ccc(F)c5sc(N)c(C#N)c45)c(Cl)c(c23)O1. The number of alkyl halides is 6. The monoisotopic (exact) mass is 1400 g/mol. The highest BCUT2D eigenvalue weighted by Gasteiger charge is 2.56. The van der Waals surface area contributed by atoms with Gasteiger partial charge in [0.1, 0.15) is 100 Å². The van der Waals surface area contributed by atoms with Crippen LogP contribution in [0.4, 0.5) is 65.5 Å². The number of ether oxygens (including phenoxy) is 5. The number of fused-ring (bicyclic) bond motifs is 4. The minimum atomic E-state index is -2.95. The summed E-state index contributed by atoms with van der Waals surface area (Å²) in [4.78, 5) is 24.3. The molecular weight excluding hydrogens is 1350 g/mol. The van der Waals surface area contributed by atoms with Gasteiger partial charge in [0.25, 0.3) is 12.9 Å². The number of thiophene rings is 2. The third-order valence-electron chi connectivity index (χ3n) is 19.0. The normalized spacial score (nSPS) is 23.7. The van der Waals surface area contributed by atoms with Crippen LogP contribution in [0.2, 0.25) is 10.0 Å². The van der Waals surface area contributed by atoms with Gasteiger partial charge in [-0.15, -0.1) is 22.7 Å². The minimum Gasteiger partial charge on any atom is -0.486 e. The topological polar surface area (TPSA) is 217 Å². The van der Waals surface area contributed by atoms with Crippen molar-refractivity contribution in [2.75, 3.05) is 100 Å². The molecule has 4 fully saturated rings. The van der Waals surface area contributed by atoms with Crippen LogP contribution in [-0.2, 0) is 4.74 Å². The van der Waals surface area contributed by atoms with Gasteiger partial charge in [-0.1, -0.05) is 35.3 Å². The number of hydrogen-bond donors (Lipinski definition) is 3. The summed E-state index contributed by atoms with van der Waals surface area (Å²) in [5, 5.41) is 33.3. The van der Waals surface area contributed by atoms with E-state index in [4.69, 9.17) is 52.6 Å². The van der Waals surface area contributed by atoms with E-state index in [1.165, 1.54) is 29.0 Å². The van der Waals surface area contributed by atoms with E-state index in [0.29, 0.717) is 25.8 Å². The number of anilines is 4. The van der Waals surface area contributed by atoms with E-state index < -0.39 is 137 Å². The summed E-state index contributed by atoms with van der Waals surface area (Å²) in [6.45, 7) is -2.23. The van der Waals surface area contributed by atoms with Crippen molar-refractivity contribution < 1.29 is 72.7 Å². The summed E-state index contributed by atoms with van der Waals surface area (Å²) in [6, 6.07) is 7.57. The molecule has 4 aromatic carbocycles. The van der Waals surface area contributed by atoms with Crippen LogP contribution < -0.4 is 39.8 Å². The molecule has 4 saturated heterocycles. The Hall–Kier alpha value is -7.42. The third-order valence-corrected chi connectivity index (χ3v) is 21.9. The molecule has 500 valence electrons. The summed E-state index contributed by atoms with van der Waals surface area (Å²) >= 11 is 15.9. The zero-order valence-corrected chi connectivity index (χ0v) is 53.3. The highest BCUT2D eigenvalue weighted by atomic mass is 35.5. The molecule has 14 rings (SSSR count). The van der Waals surface area contributed by atoms with Gasteiger partial charge < -0.3 is 49.6 Å². The van der Waals surface area contributed by atoms with E-state index in [0.717, 1.165) is 41.2 Å². The standard InChI is InChI=1S/C63H56Cl2F10N12O6S2/c1-89-24-29-9-15-85(22-38(72)73)58-44-50(47(74)41(46(65)52(44)93-29)30-4-6-34(67)53-39(30)32(18-76)55(78)94-53)80-61(83-58)91-26-63-11-3-13-87(63)56(36(69)17-63)81-59-33(19-77)40-31(5-7-35(68)54(40)95-59)42-45(64)51-43-49(48(42)75)79-60(90-25-62-10-2-12-86(62)20-27(66)16-62)82-57(43)84(21-37(70)71)14-8-28(23-88)92-51/h4-7,27-29,36-38,56,81,88H,2-3,8-17,20-26,78H2,1H3/t27-,28?,29?,36-,56?,62+,63+/m1/s1. The molecule has 10 heterocycles. The molecule has 95 heavy (non-hydrogen) atoms. The van der Waals surface area contributed by atoms with Crippen LogP contribution in [0.5, 0.6) is 23.5 Å². The number of benzene rings is 4. The largest absolute Gasteiger partial charge is 0.486 e. The molecule has 6 aliphatic rings. The molecule has 0 bridgehead atoms. The van der Waals surface area contributed by atoms with Gasteiger partial charge in [0.2, 0.25) is 0 Å². The molecule has 8 aromatic rings. The van der Waals surface area contributed by atoms with Crippen LogP contribution in [0.3, 0.4) is 0 Å². The van der Waals surface area contributed by atoms with E-state index in [1.807, 2.05) is 11.0 Å². The number of nitrogens with one attached hydrogen (secondary N) is 1. The zero-order chi connectivity index (χ0) is 66.7.